The molecule has 0 amide bonds. The molecule has 2 N–H and O–H groups in total. The molecule has 1 aromatic rings. The summed E-state index contributed by atoms with van der Waals surface area (Å²) in [5.74, 6) is -0.780. The minimum atomic E-state index is -1.10. The molecule has 0 saturated carbocycles. The van der Waals surface area contributed by atoms with Gasteiger partial charge < -0.3 is 14.9 Å². The number of carboxylic acids is 1. The van der Waals surface area contributed by atoms with Gasteiger partial charge in [-0.2, -0.15) is 0 Å². The second-order valence-corrected chi connectivity index (χ2v) is 5.13. The van der Waals surface area contributed by atoms with Gasteiger partial charge in [0.05, 0.1) is 16.4 Å². The van der Waals surface area contributed by atoms with E-state index in [9.17, 15) is 20.0 Å². The van der Waals surface area contributed by atoms with E-state index in [-0.39, 0.29) is 23.6 Å². The van der Waals surface area contributed by atoms with Crippen LogP contribution in [0.5, 0.6) is 5.75 Å². The summed E-state index contributed by atoms with van der Waals surface area (Å²) < 4.78 is 5.40. The fourth-order valence-corrected chi connectivity index (χ4v) is 1.43. The third kappa shape index (κ3) is 3.67. The lowest BCUT2D eigenvalue weighted by atomic mass is 9.95. The molecule has 1 unspecified atom stereocenters. The Kier molecular flexibility index (Phi) is 4.67. The molecule has 0 radical (unpaired) electrons. The van der Waals surface area contributed by atoms with Crippen molar-refractivity contribution in [1.29, 1.82) is 0 Å². The van der Waals surface area contributed by atoms with E-state index in [0.29, 0.717) is 0 Å². The van der Waals surface area contributed by atoms with Crippen LogP contribution in [0, 0.1) is 15.5 Å². The van der Waals surface area contributed by atoms with Crippen LogP contribution in [-0.2, 0) is 4.79 Å². The number of carboxylic acid groups (broad SMARTS) is 1. The summed E-state index contributed by atoms with van der Waals surface area (Å²) in [4.78, 5) is 21.1. The standard InChI is InChI=1S/C13H17NO6/c1-8(15)10-6-9(14(18)19)4-5-11(10)20-7-13(2,3)12(16)17/h4-6,8,15H,7H2,1-3H3,(H,16,17). The Balaban J connectivity index is 3.01. The lowest BCUT2D eigenvalue weighted by molar-refractivity contribution is -0.385. The molecule has 1 rings (SSSR count). The Morgan fingerprint density at radius 2 is 2.10 bits per heavy atom. The molecule has 110 valence electrons. The largest absolute Gasteiger partial charge is 0.492 e. The molecule has 0 bridgehead atoms. The van der Waals surface area contributed by atoms with Gasteiger partial charge in [-0.25, -0.2) is 0 Å². The van der Waals surface area contributed by atoms with Crippen molar-refractivity contribution >= 4 is 11.7 Å². The number of rotatable bonds is 6. The molecule has 0 heterocycles. The number of nitrogens with zero attached hydrogens (tertiary/aromatic N) is 1. The summed E-state index contributed by atoms with van der Waals surface area (Å²) in [5.41, 5.74) is -1.01. The molecular weight excluding hydrogens is 266 g/mol. The number of aliphatic hydroxyl groups excluding tert-OH is 1. The van der Waals surface area contributed by atoms with Gasteiger partial charge in [0, 0.05) is 17.7 Å². The van der Waals surface area contributed by atoms with Crippen molar-refractivity contribution in [2.75, 3.05) is 6.61 Å². The molecule has 20 heavy (non-hydrogen) atoms. The van der Waals surface area contributed by atoms with Crippen molar-refractivity contribution in [1.82, 2.24) is 0 Å². The molecule has 0 saturated heterocycles. The highest BCUT2D eigenvalue weighted by molar-refractivity contribution is 5.73. The number of nitro benzene ring substituents is 1. The van der Waals surface area contributed by atoms with E-state index in [2.05, 4.69) is 0 Å². The fraction of sp³-hybridized carbons (Fsp3) is 0.462. The van der Waals surface area contributed by atoms with Crippen molar-refractivity contribution < 1.29 is 24.7 Å². The molecule has 0 aliphatic heterocycles. The van der Waals surface area contributed by atoms with Gasteiger partial charge in [-0.15, -0.1) is 0 Å². The molecule has 0 fully saturated rings. The molecule has 0 aromatic heterocycles. The van der Waals surface area contributed by atoms with Gasteiger partial charge in [-0.05, 0) is 26.8 Å². The van der Waals surface area contributed by atoms with Gasteiger partial charge in [0.2, 0.25) is 0 Å². The Morgan fingerprint density at radius 3 is 2.55 bits per heavy atom. The number of nitro groups is 1. The first kappa shape index (κ1) is 15.9. The highest BCUT2D eigenvalue weighted by atomic mass is 16.6. The number of ether oxygens (including phenoxy) is 1. The molecule has 1 atom stereocenters. The molecule has 7 heteroatoms. The summed E-state index contributed by atoms with van der Waals surface area (Å²) in [7, 11) is 0. The molecular formula is C13H17NO6. The lowest BCUT2D eigenvalue weighted by Crippen LogP contribution is -2.30. The summed E-state index contributed by atoms with van der Waals surface area (Å²) in [6.07, 6.45) is -0.960. The van der Waals surface area contributed by atoms with Crippen molar-refractivity contribution in [3.8, 4) is 5.75 Å². The number of carbonyl (C=O) groups is 1. The van der Waals surface area contributed by atoms with E-state index in [1.807, 2.05) is 0 Å². The van der Waals surface area contributed by atoms with Crippen LogP contribution in [0.2, 0.25) is 0 Å². The number of benzene rings is 1. The zero-order valence-corrected chi connectivity index (χ0v) is 11.5. The van der Waals surface area contributed by atoms with Crippen LogP contribution in [0.15, 0.2) is 18.2 Å². The van der Waals surface area contributed by atoms with Crippen LogP contribution in [0.4, 0.5) is 5.69 Å². The van der Waals surface area contributed by atoms with Crippen LogP contribution in [-0.4, -0.2) is 27.7 Å². The normalized spacial score (nSPS) is 12.8. The predicted octanol–water partition coefficient (Wildman–Crippen LogP) is 2.14. The minimum Gasteiger partial charge on any atom is -0.492 e. The average molecular weight is 283 g/mol. The minimum absolute atomic E-state index is 0.111. The third-order valence-electron chi connectivity index (χ3n) is 2.82. The Morgan fingerprint density at radius 1 is 1.50 bits per heavy atom. The van der Waals surface area contributed by atoms with Gasteiger partial charge in [0.25, 0.3) is 5.69 Å². The number of non-ortho nitro benzene ring substituents is 1. The van der Waals surface area contributed by atoms with E-state index in [0.717, 1.165) is 0 Å². The van der Waals surface area contributed by atoms with Crippen molar-refractivity contribution in [2.45, 2.75) is 26.9 Å². The van der Waals surface area contributed by atoms with E-state index in [1.54, 1.807) is 0 Å². The summed E-state index contributed by atoms with van der Waals surface area (Å²) in [6, 6.07) is 3.82. The maximum Gasteiger partial charge on any atom is 0.312 e. The van der Waals surface area contributed by atoms with Gasteiger partial charge in [-0.1, -0.05) is 0 Å². The first-order chi connectivity index (χ1) is 9.15. The van der Waals surface area contributed by atoms with E-state index < -0.39 is 22.4 Å². The fourth-order valence-electron chi connectivity index (χ4n) is 1.43. The second-order valence-electron chi connectivity index (χ2n) is 5.13. The smallest absolute Gasteiger partial charge is 0.312 e. The maximum atomic E-state index is 11.0. The van der Waals surface area contributed by atoms with E-state index in [1.165, 1.54) is 39.0 Å². The number of aliphatic hydroxyl groups is 1. The quantitative estimate of drug-likeness (QED) is 0.611. The predicted molar refractivity (Wildman–Crippen MR) is 70.6 cm³/mol. The monoisotopic (exact) mass is 283 g/mol. The maximum absolute atomic E-state index is 11.0. The molecule has 7 nitrogen and oxygen atoms in total. The summed E-state index contributed by atoms with van der Waals surface area (Å²) >= 11 is 0. The van der Waals surface area contributed by atoms with Crippen molar-refractivity contribution in [3.63, 3.8) is 0 Å². The summed E-state index contributed by atoms with van der Waals surface area (Å²) in [5, 5.41) is 29.3. The topological polar surface area (TPSA) is 110 Å². The van der Waals surface area contributed by atoms with Crippen molar-refractivity contribution in [3.05, 3.63) is 33.9 Å². The SMILES string of the molecule is CC(O)c1cc([N+](=O)[O-])ccc1OCC(C)(C)C(=O)O. The highest BCUT2D eigenvalue weighted by Crippen LogP contribution is 2.30. The molecule has 0 aliphatic carbocycles. The van der Waals surface area contributed by atoms with Crippen LogP contribution in [0.3, 0.4) is 0 Å². The van der Waals surface area contributed by atoms with Crippen molar-refractivity contribution in [2.24, 2.45) is 5.41 Å². The Hall–Kier alpha value is -2.15. The molecule has 1 aromatic carbocycles. The highest BCUT2D eigenvalue weighted by Gasteiger charge is 2.29. The average Bonchev–Trinajstić information content (AvgIpc) is 2.35. The number of aliphatic carboxylic acids is 1. The van der Waals surface area contributed by atoms with E-state index in [4.69, 9.17) is 9.84 Å². The third-order valence-corrected chi connectivity index (χ3v) is 2.82. The number of hydrogen-bond donors (Lipinski definition) is 2. The summed E-state index contributed by atoms with van der Waals surface area (Å²) in [6.45, 7) is 4.35. The van der Waals surface area contributed by atoms with Gasteiger partial charge in [-0.3, -0.25) is 14.9 Å². The van der Waals surface area contributed by atoms with Crippen LogP contribution < -0.4 is 4.74 Å². The van der Waals surface area contributed by atoms with Gasteiger partial charge in [0.15, 0.2) is 0 Å². The second kappa shape index (κ2) is 5.87. The van der Waals surface area contributed by atoms with Crippen LogP contribution in [0.1, 0.15) is 32.4 Å². The zero-order valence-electron chi connectivity index (χ0n) is 11.5. The Bertz CT molecular complexity index is 524. The molecule has 0 aliphatic rings. The first-order valence-electron chi connectivity index (χ1n) is 5.98. The first-order valence-corrected chi connectivity index (χ1v) is 5.98. The van der Waals surface area contributed by atoms with Crippen LogP contribution >= 0.6 is 0 Å². The van der Waals surface area contributed by atoms with Crippen LogP contribution in [0.25, 0.3) is 0 Å². The Labute approximate surface area is 116 Å². The molecule has 0 spiro atoms. The van der Waals surface area contributed by atoms with Gasteiger partial charge >= 0.3 is 5.97 Å². The lowest BCUT2D eigenvalue weighted by Gasteiger charge is -2.21. The van der Waals surface area contributed by atoms with E-state index >= 15 is 0 Å². The number of hydrogen-bond acceptors (Lipinski definition) is 5. The zero-order chi connectivity index (χ0) is 15.5. The van der Waals surface area contributed by atoms with Gasteiger partial charge in [0.1, 0.15) is 12.4 Å².